The first kappa shape index (κ1) is 32.2. The highest BCUT2D eigenvalue weighted by Gasteiger charge is 2.14. The molecule has 7 aromatic carbocycles. The fourth-order valence-corrected chi connectivity index (χ4v) is 6.41. The zero-order valence-electron chi connectivity index (χ0n) is 28.5. The molecular weight excluding hydrogens is 605 g/mol. The Labute approximate surface area is 294 Å². The summed E-state index contributed by atoms with van der Waals surface area (Å²) in [7, 11) is 0. The molecule has 2 nitrogen and oxygen atoms in total. The number of allylic oxidation sites excluding steroid dienone is 2. The summed E-state index contributed by atoms with van der Waals surface area (Å²) in [4.78, 5) is 10.3. The molecule has 0 bridgehead atoms. The summed E-state index contributed by atoms with van der Waals surface area (Å²) in [6.45, 7) is 12.4. The van der Waals surface area contributed by atoms with E-state index in [1.165, 1.54) is 32.7 Å². The number of benzene rings is 7. The molecule has 2 heteroatoms. The first-order chi connectivity index (χ1) is 24.5. The Balaban J connectivity index is 1.39. The summed E-state index contributed by atoms with van der Waals surface area (Å²) < 4.78 is 0. The van der Waals surface area contributed by atoms with E-state index in [2.05, 4.69) is 154 Å². The van der Waals surface area contributed by atoms with Crippen LogP contribution in [0.3, 0.4) is 0 Å². The summed E-state index contributed by atoms with van der Waals surface area (Å²) in [5.74, 6) is 0.611. The predicted molar refractivity (Wildman–Crippen MR) is 217 cm³/mol. The van der Waals surface area contributed by atoms with Gasteiger partial charge in [0.15, 0.2) is 5.84 Å². The molecule has 0 heterocycles. The molecule has 50 heavy (non-hydrogen) atoms. The minimum atomic E-state index is 0.611. The molecule has 0 saturated heterocycles. The molecule has 7 rings (SSSR count). The van der Waals surface area contributed by atoms with Crippen molar-refractivity contribution in [2.45, 2.75) is 13.8 Å². The van der Waals surface area contributed by atoms with Gasteiger partial charge in [0.2, 0.25) is 0 Å². The van der Waals surface area contributed by atoms with E-state index in [9.17, 15) is 0 Å². The topological polar surface area (TPSA) is 24.7 Å². The molecule has 0 unspecified atom stereocenters. The Kier molecular flexibility index (Phi) is 9.26. The van der Waals surface area contributed by atoms with Crippen LogP contribution in [0.25, 0.3) is 55.6 Å². The van der Waals surface area contributed by atoms with Crippen LogP contribution in [0.5, 0.6) is 0 Å². The van der Waals surface area contributed by atoms with Crippen molar-refractivity contribution in [3.63, 3.8) is 0 Å². The van der Waals surface area contributed by atoms with Gasteiger partial charge in [-0.05, 0) is 105 Å². The molecule has 0 amide bonds. The van der Waals surface area contributed by atoms with Crippen LogP contribution in [-0.4, -0.2) is 11.5 Å². The van der Waals surface area contributed by atoms with Gasteiger partial charge >= 0.3 is 0 Å². The number of aryl methyl sites for hydroxylation is 1. The van der Waals surface area contributed by atoms with Crippen molar-refractivity contribution in [3.05, 3.63) is 205 Å². The lowest BCUT2D eigenvalue weighted by Gasteiger charge is -2.15. The number of hydrogen-bond acceptors (Lipinski definition) is 1. The molecule has 0 aromatic heterocycles. The Hall–Kier alpha value is -6.38. The van der Waals surface area contributed by atoms with Gasteiger partial charge in [0, 0.05) is 16.8 Å². The lowest BCUT2D eigenvalue weighted by atomic mass is 9.90. The largest absolute Gasteiger partial charge is 0.233 e. The maximum absolute atomic E-state index is 5.23. The Morgan fingerprint density at radius 1 is 0.560 bits per heavy atom. The molecule has 0 fully saturated rings. The summed E-state index contributed by atoms with van der Waals surface area (Å²) in [6, 6.07) is 53.4. The van der Waals surface area contributed by atoms with Gasteiger partial charge < -0.3 is 0 Å². The van der Waals surface area contributed by atoms with Crippen molar-refractivity contribution in [2.24, 2.45) is 9.98 Å². The molecule has 0 radical (unpaired) electrons. The van der Waals surface area contributed by atoms with Gasteiger partial charge in [-0.3, -0.25) is 0 Å². The highest BCUT2D eigenvalue weighted by Crippen LogP contribution is 2.37. The van der Waals surface area contributed by atoms with E-state index in [0.717, 1.165) is 44.7 Å². The van der Waals surface area contributed by atoms with Crippen LogP contribution in [0.1, 0.15) is 34.7 Å². The maximum Gasteiger partial charge on any atom is 0.160 e. The van der Waals surface area contributed by atoms with Gasteiger partial charge in [0.05, 0.1) is 5.70 Å². The van der Waals surface area contributed by atoms with Crippen LogP contribution in [-0.2, 0) is 0 Å². The minimum Gasteiger partial charge on any atom is -0.233 e. The van der Waals surface area contributed by atoms with E-state index in [1.54, 1.807) is 6.08 Å². The zero-order valence-corrected chi connectivity index (χ0v) is 28.5. The summed E-state index contributed by atoms with van der Waals surface area (Å²) in [6.07, 6.45) is 5.78. The fraction of sp³-hybridized carbons (Fsp3) is 0.0417. The van der Waals surface area contributed by atoms with E-state index in [-0.39, 0.29) is 0 Å². The van der Waals surface area contributed by atoms with E-state index in [1.807, 2.05) is 36.4 Å². The standard InChI is InChI=1S/C48H38N2/c1-5-6-17-38-28-39(27-26-33(38)2)34(3)49-48(37-20-11-8-12-21-37)50-35(4)41-29-42(36-18-9-7-10-19-36)31-43(30-41)47-32-40-22-13-14-23-44(40)45-24-15-16-25-46(45)47/h5-32H,1,3H2,2,4H3/b17-6-,49-48-,50-35+. The monoisotopic (exact) mass is 642 g/mol. The van der Waals surface area contributed by atoms with E-state index in [4.69, 9.17) is 9.98 Å². The molecule has 0 N–H and O–H groups in total. The van der Waals surface area contributed by atoms with Crippen molar-refractivity contribution in [1.29, 1.82) is 0 Å². The van der Waals surface area contributed by atoms with Gasteiger partial charge in [0.1, 0.15) is 0 Å². The number of amidine groups is 1. The molecule has 0 atom stereocenters. The molecule has 0 aliphatic heterocycles. The number of rotatable bonds is 8. The van der Waals surface area contributed by atoms with Crippen LogP contribution in [0.4, 0.5) is 0 Å². The van der Waals surface area contributed by atoms with Crippen molar-refractivity contribution < 1.29 is 0 Å². The van der Waals surface area contributed by atoms with Crippen molar-refractivity contribution in [1.82, 2.24) is 0 Å². The molecule has 0 spiro atoms. The highest BCUT2D eigenvalue weighted by atomic mass is 14.9. The predicted octanol–water partition coefficient (Wildman–Crippen LogP) is 12.8. The van der Waals surface area contributed by atoms with Crippen molar-refractivity contribution in [3.8, 4) is 22.3 Å². The fourth-order valence-electron chi connectivity index (χ4n) is 6.41. The summed E-state index contributed by atoms with van der Waals surface area (Å²) in [5, 5.41) is 4.94. The van der Waals surface area contributed by atoms with Crippen molar-refractivity contribution >= 4 is 44.9 Å². The third-order valence-electron chi connectivity index (χ3n) is 9.11. The third kappa shape index (κ3) is 6.78. The van der Waals surface area contributed by atoms with Gasteiger partial charge in [-0.1, -0.05) is 153 Å². The van der Waals surface area contributed by atoms with Crippen LogP contribution in [0.15, 0.2) is 187 Å². The smallest absolute Gasteiger partial charge is 0.160 e. The van der Waals surface area contributed by atoms with Gasteiger partial charge in [-0.2, -0.15) is 0 Å². The molecule has 0 saturated carbocycles. The number of nitrogens with zero attached hydrogens (tertiary/aromatic N) is 2. The minimum absolute atomic E-state index is 0.611. The van der Waals surface area contributed by atoms with Gasteiger partial charge in [-0.25, -0.2) is 9.98 Å². The second-order valence-corrected chi connectivity index (χ2v) is 12.5. The van der Waals surface area contributed by atoms with Crippen molar-refractivity contribution in [2.75, 3.05) is 0 Å². The van der Waals surface area contributed by atoms with Crippen LogP contribution in [0, 0.1) is 6.92 Å². The first-order valence-corrected chi connectivity index (χ1v) is 16.9. The average Bonchev–Trinajstić information content (AvgIpc) is 3.17. The van der Waals surface area contributed by atoms with E-state index < -0.39 is 0 Å². The van der Waals surface area contributed by atoms with Gasteiger partial charge in [-0.15, -0.1) is 0 Å². The maximum atomic E-state index is 5.23. The lowest BCUT2D eigenvalue weighted by Crippen LogP contribution is -2.05. The molecule has 0 aliphatic rings. The normalized spacial score (nSPS) is 12.1. The number of fused-ring (bicyclic) bond motifs is 3. The highest BCUT2D eigenvalue weighted by molar-refractivity contribution is 6.16. The number of hydrogen-bond donors (Lipinski definition) is 0. The Bertz CT molecular complexity index is 2460. The summed E-state index contributed by atoms with van der Waals surface area (Å²) >= 11 is 0. The average molecular weight is 643 g/mol. The first-order valence-electron chi connectivity index (χ1n) is 16.9. The quantitative estimate of drug-likeness (QED) is 0.0682. The van der Waals surface area contributed by atoms with Crippen LogP contribution in [0.2, 0.25) is 0 Å². The molecule has 0 aliphatic carbocycles. The zero-order chi connectivity index (χ0) is 34.5. The number of aliphatic imine (C=N–C) groups is 2. The van der Waals surface area contributed by atoms with Gasteiger partial charge in [0.25, 0.3) is 0 Å². The Morgan fingerprint density at radius 3 is 1.98 bits per heavy atom. The van der Waals surface area contributed by atoms with Crippen LogP contribution >= 0.6 is 0 Å². The third-order valence-corrected chi connectivity index (χ3v) is 9.11. The second kappa shape index (κ2) is 14.4. The summed E-state index contributed by atoms with van der Waals surface area (Å²) in [5.41, 5.74) is 11.3. The van der Waals surface area contributed by atoms with E-state index >= 15 is 0 Å². The lowest BCUT2D eigenvalue weighted by molar-refractivity contribution is 1.39. The molecular formula is C48H38N2. The van der Waals surface area contributed by atoms with Crippen LogP contribution < -0.4 is 0 Å². The second-order valence-electron chi connectivity index (χ2n) is 12.5. The Morgan fingerprint density at radius 2 is 1.22 bits per heavy atom. The van der Waals surface area contributed by atoms with E-state index in [0.29, 0.717) is 11.5 Å². The SMILES string of the molecule is C=C/C=C\c1cc(C(=C)/N=C(\N=C(/C)c2cc(-c3ccccc3)cc(-c3cc4ccccc4c4ccccc34)c2)c2ccccc2)ccc1C. The molecule has 240 valence electrons. The molecule has 7 aromatic rings.